The van der Waals surface area contributed by atoms with Gasteiger partial charge in [-0.05, 0) is 27.7 Å². The normalized spacial score (nSPS) is 20.6. The fourth-order valence-corrected chi connectivity index (χ4v) is 1.98. The van der Waals surface area contributed by atoms with Gasteiger partial charge in [-0.2, -0.15) is 0 Å². The summed E-state index contributed by atoms with van der Waals surface area (Å²) < 4.78 is 5.53. The van der Waals surface area contributed by atoms with E-state index in [0.717, 1.165) is 37.8 Å². The van der Waals surface area contributed by atoms with Gasteiger partial charge in [0.05, 0.1) is 30.8 Å². The number of aromatic nitrogens is 2. The molecule has 2 heterocycles. The second kappa shape index (κ2) is 5.84. The van der Waals surface area contributed by atoms with Gasteiger partial charge in [-0.15, -0.1) is 0 Å². The van der Waals surface area contributed by atoms with E-state index in [1.807, 2.05) is 12.4 Å². The fourth-order valence-electron chi connectivity index (χ4n) is 1.98. The highest BCUT2D eigenvalue weighted by atomic mass is 16.5. The lowest BCUT2D eigenvalue weighted by Gasteiger charge is -2.31. The van der Waals surface area contributed by atoms with Gasteiger partial charge >= 0.3 is 0 Å². The maximum atomic E-state index is 5.53. The third kappa shape index (κ3) is 4.44. The van der Waals surface area contributed by atoms with E-state index in [9.17, 15) is 0 Å². The van der Waals surface area contributed by atoms with Crippen molar-refractivity contribution in [1.29, 1.82) is 0 Å². The summed E-state index contributed by atoms with van der Waals surface area (Å²) in [5.41, 5.74) is 1.07. The first kappa shape index (κ1) is 14.2. The minimum absolute atomic E-state index is 0.0972. The zero-order valence-corrected chi connectivity index (χ0v) is 12.3. The monoisotopic (exact) mass is 264 g/mol. The number of nitrogens with zero attached hydrogens (tertiary/aromatic N) is 3. The summed E-state index contributed by atoms with van der Waals surface area (Å²) in [6.45, 7) is 11.8. The van der Waals surface area contributed by atoms with E-state index in [-0.39, 0.29) is 11.6 Å². The molecule has 1 aliphatic heterocycles. The summed E-state index contributed by atoms with van der Waals surface area (Å²) in [5.74, 6) is 0.939. The van der Waals surface area contributed by atoms with Gasteiger partial charge in [0.25, 0.3) is 0 Å². The van der Waals surface area contributed by atoms with Crippen molar-refractivity contribution in [1.82, 2.24) is 15.3 Å². The molecule has 0 aromatic carbocycles. The highest BCUT2D eigenvalue weighted by Gasteiger charge is 2.18. The lowest BCUT2D eigenvalue weighted by atomic mass is 10.1. The maximum absolute atomic E-state index is 5.53. The number of rotatable bonds is 3. The van der Waals surface area contributed by atoms with Crippen molar-refractivity contribution in [3.63, 3.8) is 0 Å². The number of anilines is 1. The molecule has 0 saturated carbocycles. The highest BCUT2D eigenvalue weighted by Crippen LogP contribution is 2.14. The Hall–Kier alpha value is -1.20. The van der Waals surface area contributed by atoms with Gasteiger partial charge in [0.1, 0.15) is 5.82 Å². The zero-order chi connectivity index (χ0) is 13.9. The lowest BCUT2D eigenvalue weighted by molar-refractivity contribution is 0.0529. The van der Waals surface area contributed by atoms with E-state index >= 15 is 0 Å². The lowest BCUT2D eigenvalue weighted by Crippen LogP contribution is -2.41. The number of morpholine rings is 1. The molecule has 2 rings (SSSR count). The molecule has 106 valence electrons. The molecule has 5 heteroatoms. The maximum Gasteiger partial charge on any atom is 0.147 e. The molecule has 1 aromatic heterocycles. The van der Waals surface area contributed by atoms with Gasteiger partial charge in [-0.3, -0.25) is 4.98 Å². The molecule has 1 fully saturated rings. The minimum Gasteiger partial charge on any atom is -0.375 e. The van der Waals surface area contributed by atoms with Crippen molar-refractivity contribution in [3.05, 3.63) is 18.1 Å². The predicted molar refractivity (Wildman–Crippen MR) is 76.3 cm³/mol. The molecule has 0 amide bonds. The van der Waals surface area contributed by atoms with E-state index in [1.54, 1.807) is 0 Å². The van der Waals surface area contributed by atoms with Crippen molar-refractivity contribution < 1.29 is 4.74 Å². The molecule has 1 saturated heterocycles. The first-order chi connectivity index (χ1) is 8.94. The summed E-state index contributed by atoms with van der Waals surface area (Å²) in [7, 11) is 0. The third-order valence-electron chi connectivity index (χ3n) is 3.06. The largest absolute Gasteiger partial charge is 0.375 e. The number of nitrogens with one attached hydrogen (secondary N) is 1. The molecule has 19 heavy (non-hydrogen) atoms. The van der Waals surface area contributed by atoms with Gasteiger partial charge in [0.2, 0.25) is 0 Å². The van der Waals surface area contributed by atoms with Gasteiger partial charge in [0, 0.05) is 25.2 Å². The highest BCUT2D eigenvalue weighted by molar-refractivity contribution is 5.36. The van der Waals surface area contributed by atoms with Crippen LogP contribution in [0.4, 0.5) is 5.82 Å². The molecular weight excluding hydrogens is 240 g/mol. The van der Waals surface area contributed by atoms with Crippen LogP contribution in [0.2, 0.25) is 0 Å². The van der Waals surface area contributed by atoms with Gasteiger partial charge in [0.15, 0.2) is 0 Å². The SMILES string of the molecule is CC1CN(c2cnc(CNC(C)(C)C)cn2)CCO1. The van der Waals surface area contributed by atoms with Crippen molar-refractivity contribution in [2.24, 2.45) is 0 Å². The predicted octanol–water partition coefficient (Wildman–Crippen LogP) is 1.59. The Morgan fingerprint density at radius 3 is 2.74 bits per heavy atom. The van der Waals surface area contributed by atoms with Gasteiger partial charge < -0.3 is 15.0 Å². The van der Waals surface area contributed by atoms with Gasteiger partial charge in [-0.25, -0.2) is 4.98 Å². The van der Waals surface area contributed by atoms with E-state index in [2.05, 4.69) is 47.9 Å². The Balaban J connectivity index is 1.94. The molecule has 1 atom stereocenters. The summed E-state index contributed by atoms with van der Waals surface area (Å²) in [6.07, 6.45) is 3.98. The zero-order valence-electron chi connectivity index (χ0n) is 12.3. The van der Waals surface area contributed by atoms with Crippen LogP contribution in [-0.4, -0.2) is 41.3 Å². The van der Waals surface area contributed by atoms with Crippen LogP contribution in [-0.2, 0) is 11.3 Å². The third-order valence-corrected chi connectivity index (χ3v) is 3.06. The van der Waals surface area contributed by atoms with Crippen molar-refractivity contribution in [3.8, 4) is 0 Å². The van der Waals surface area contributed by atoms with Crippen LogP contribution in [0.3, 0.4) is 0 Å². The van der Waals surface area contributed by atoms with E-state index in [4.69, 9.17) is 4.74 Å². The average Bonchev–Trinajstić information content (AvgIpc) is 2.36. The molecule has 5 nitrogen and oxygen atoms in total. The Labute approximate surface area is 115 Å². The van der Waals surface area contributed by atoms with Gasteiger partial charge in [-0.1, -0.05) is 0 Å². The second-order valence-electron chi connectivity index (χ2n) is 6.10. The van der Waals surface area contributed by atoms with Crippen molar-refractivity contribution >= 4 is 5.82 Å². The van der Waals surface area contributed by atoms with Crippen LogP contribution in [0.15, 0.2) is 12.4 Å². The molecule has 1 unspecified atom stereocenters. The van der Waals surface area contributed by atoms with Crippen LogP contribution in [0.25, 0.3) is 0 Å². The minimum atomic E-state index is 0.0972. The molecule has 0 spiro atoms. The van der Waals surface area contributed by atoms with Crippen LogP contribution in [0.1, 0.15) is 33.4 Å². The first-order valence-corrected chi connectivity index (χ1v) is 6.86. The summed E-state index contributed by atoms with van der Waals surface area (Å²) in [5, 5.41) is 3.41. The van der Waals surface area contributed by atoms with Crippen LogP contribution in [0.5, 0.6) is 0 Å². The van der Waals surface area contributed by atoms with Crippen LogP contribution in [0, 0.1) is 0 Å². The topological polar surface area (TPSA) is 50.3 Å². The van der Waals surface area contributed by atoms with Crippen LogP contribution >= 0.6 is 0 Å². The number of hydrogen-bond donors (Lipinski definition) is 1. The average molecular weight is 264 g/mol. The van der Waals surface area contributed by atoms with Crippen LogP contribution < -0.4 is 10.2 Å². The van der Waals surface area contributed by atoms with Crippen molar-refractivity contribution in [2.45, 2.75) is 45.9 Å². The summed E-state index contributed by atoms with van der Waals surface area (Å²) >= 11 is 0. The Kier molecular flexibility index (Phi) is 4.37. The molecular formula is C14H24N4O. The Morgan fingerprint density at radius 1 is 1.37 bits per heavy atom. The molecule has 1 aliphatic rings. The molecule has 0 radical (unpaired) electrons. The molecule has 0 aliphatic carbocycles. The van der Waals surface area contributed by atoms with Crippen molar-refractivity contribution in [2.75, 3.05) is 24.6 Å². The summed E-state index contributed by atoms with van der Waals surface area (Å²) in [4.78, 5) is 11.2. The smallest absolute Gasteiger partial charge is 0.147 e. The standard InChI is InChI=1S/C14H24N4O/c1-11-10-18(5-6-19-11)13-9-15-12(7-16-13)8-17-14(2,3)4/h7,9,11,17H,5-6,8,10H2,1-4H3. The van der Waals surface area contributed by atoms with E-state index in [0.29, 0.717) is 0 Å². The molecule has 1 aromatic rings. The fraction of sp³-hybridized carbons (Fsp3) is 0.714. The quantitative estimate of drug-likeness (QED) is 0.898. The summed E-state index contributed by atoms with van der Waals surface area (Å²) in [6, 6.07) is 0. The first-order valence-electron chi connectivity index (χ1n) is 6.86. The number of hydrogen-bond acceptors (Lipinski definition) is 5. The Morgan fingerprint density at radius 2 is 2.16 bits per heavy atom. The van der Waals surface area contributed by atoms with E-state index < -0.39 is 0 Å². The molecule has 1 N–H and O–H groups in total. The van der Waals surface area contributed by atoms with E-state index in [1.165, 1.54) is 0 Å². The molecule has 0 bridgehead atoms. The second-order valence-corrected chi connectivity index (χ2v) is 6.10. The Bertz CT molecular complexity index is 399. The number of ether oxygens (including phenoxy) is 1.